The first kappa shape index (κ1) is 30.8. The average molecular weight is 581 g/mol. The highest BCUT2D eigenvalue weighted by Gasteiger charge is 2.49. The first-order valence-electron chi connectivity index (χ1n) is 15.4. The molecule has 0 saturated carbocycles. The van der Waals surface area contributed by atoms with E-state index in [1.807, 2.05) is 32.7 Å². The highest BCUT2D eigenvalue weighted by atomic mass is 32.1. The zero-order chi connectivity index (χ0) is 28.8. The summed E-state index contributed by atoms with van der Waals surface area (Å²) in [7, 11) is 0. The second-order valence-corrected chi connectivity index (χ2v) is 14.6. The highest BCUT2D eigenvalue weighted by Crippen LogP contribution is 2.48. The molecule has 0 saturated heterocycles. The first-order valence-corrected chi connectivity index (χ1v) is 17.1. The molecule has 0 unspecified atom stereocenters. The van der Waals surface area contributed by atoms with Gasteiger partial charge in [-0.1, -0.05) is 92.2 Å². The predicted molar refractivity (Wildman–Crippen MR) is 171 cm³/mol. The Hall–Kier alpha value is -2.18. The van der Waals surface area contributed by atoms with E-state index in [0.29, 0.717) is 36.1 Å². The van der Waals surface area contributed by atoms with Crippen LogP contribution in [0.4, 0.5) is 0 Å². The van der Waals surface area contributed by atoms with Crippen LogP contribution in [0.25, 0.3) is 11.4 Å². The Bertz CT molecular complexity index is 1100. The van der Waals surface area contributed by atoms with Crippen molar-refractivity contribution in [2.24, 2.45) is 23.7 Å². The summed E-state index contributed by atoms with van der Waals surface area (Å²) in [4.78, 5) is 34.3. The second kappa shape index (κ2) is 14.1. The van der Waals surface area contributed by atoms with Crippen molar-refractivity contribution < 1.29 is 9.59 Å². The molecule has 2 aromatic rings. The van der Waals surface area contributed by atoms with Crippen molar-refractivity contribution in [3.63, 3.8) is 0 Å². The molecule has 218 valence electrons. The van der Waals surface area contributed by atoms with Crippen LogP contribution in [0.2, 0.25) is 0 Å². The summed E-state index contributed by atoms with van der Waals surface area (Å²) in [5.41, 5.74) is 2.90. The molecule has 0 N–H and O–H groups in total. The summed E-state index contributed by atoms with van der Waals surface area (Å²) in [6, 6.07) is 8.14. The molecule has 2 aliphatic rings. The highest BCUT2D eigenvalue weighted by molar-refractivity contribution is 7.11. The van der Waals surface area contributed by atoms with Gasteiger partial charge >= 0.3 is 0 Å². The van der Waals surface area contributed by atoms with Crippen LogP contribution >= 0.6 is 22.7 Å². The lowest BCUT2D eigenvalue weighted by molar-refractivity contribution is -0.124. The zero-order valence-corrected chi connectivity index (χ0v) is 27.0. The summed E-state index contributed by atoms with van der Waals surface area (Å²) in [5, 5.41) is 4.08. The van der Waals surface area contributed by atoms with Gasteiger partial charge in [0, 0.05) is 13.1 Å². The standard InChI is InChI=1S/C34H48N2O2S2/c1-23(2)11-7-13-25(5)17-19-35-31(27-15-9-21-39-27)29-30(33(35)37)32(28-16-10-22-40-28)36(34(29)38)20-18-26(6)14-8-12-24(3)4/h9-10,15-16,21-26H,7-8,11-14,17-20H2,1-6H3/t25-,26-/m0/s1. The fourth-order valence-electron chi connectivity index (χ4n) is 5.90. The largest absolute Gasteiger partial charge is 0.306 e. The minimum absolute atomic E-state index is 0.00277. The third-order valence-electron chi connectivity index (χ3n) is 8.34. The maximum absolute atomic E-state index is 14.2. The second-order valence-electron chi connectivity index (χ2n) is 12.8. The first-order chi connectivity index (χ1) is 19.2. The van der Waals surface area contributed by atoms with Crippen molar-refractivity contribution in [2.45, 2.75) is 92.9 Å². The van der Waals surface area contributed by atoms with E-state index in [2.05, 4.69) is 53.7 Å². The smallest absolute Gasteiger partial charge is 0.261 e. The molecule has 6 heteroatoms. The van der Waals surface area contributed by atoms with Gasteiger partial charge < -0.3 is 9.80 Å². The molecular weight excluding hydrogens is 533 g/mol. The normalized spacial score (nSPS) is 17.3. The van der Waals surface area contributed by atoms with Crippen molar-refractivity contribution in [1.29, 1.82) is 0 Å². The van der Waals surface area contributed by atoms with Gasteiger partial charge in [0.15, 0.2) is 0 Å². The third kappa shape index (κ3) is 7.17. The predicted octanol–water partition coefficient (Wildman–Crippen LogP) is 9.32. The Labute approximate surface area is 250 Å². The van der Waals surface area contributed by atoms with E-state index in [0.717, 1.165) is 45.8 Å². The lowest BCUT2D eigenvalue weighted by Crippen LogP contribution is -2.31. The quantitative estimate of drug-likeness (QED) is 0.198. The monoisotopic (exact) mass is 580 g/mol. The van der Waals surface area contributed by atoms with Gasteiger partial charge in [0.05, 0.1) is 32.3 Å². The van der Waals surface area contributed by atoms with Gasteiger partial charge in [-0.15, -0.1) is 22.7 Å². The van der Waals surface area contributed by atoms with Gasteiger partial charge in [-0.2, -0.15) is 0 Å². The van der Waals surface area contributed by atoms with E-state index in [1.165, 1.54) is 38.5 Å². The van der Waals surface area contributed by atoms with Gasteiger partial charge in [0.1, 0.15) is 0 Å². The van der Waals surface area contributed by atoms with Gasteiger partial charge in [0.25, 0.3) is 11.8 Å². The SMILES string of the molecule is CC(C)CCC[C@H](C)CCN1C(=O)C2=C(c3cccs3)N(CC[C@@H](C)CCCC(C)C)C(=O)C2=C1c1cccs1. The number of thiophene rings is 2. The molecule has 4 heterocycles. The number of carbonyl (C=O) groups is 2. The number of amides is 2. The summed E-state index contributed by atoms with van der Waals surface area (Å²) in [6.45, 7) is 15.0. The minimum atomic E-state index is -0.00277. The molecule has 0 radical (unpaired) electrons. The summed E-state index contributed by atoms with van der Waals surface area (Å²) in [6.07, 6.45) is 9.18. The van der Waals surface area contributed by atoms with E-state index in [-0.39, 0.29) is 11.8 Å². The van der Waals surface area contributed by atoms with Gasteiger partial charge in [-0.3, -0.25) is 9.59 Å². The Kier molecular flexibility index (Phi) is 10.9. The number of hydrogen-bond donors (Lipinski definition) is 0. The number of rotatable bonds is 16. The Balaban J connectivity index is 1.60. The van der Waals surface area contributed by atoms with Crippen molar-refractivity contribution in [3.8, 4) is 0 Å². The fourth-order valence-corrected chi connectivity index (χ4v) is 7.47. The van der Waals surface area contributed by atoms with Crippen LogP contribution < -0.4 is 0 Å². The zero-order valence-electron chi connectivity index (χ0n) is 25.4. The van der Waals surface area contributed by atoms with Crippen LogP contribution in [0.3, 0.4) is 0 Å². The third-order valence-corrected chi connectivity index (χ3v) is 10.1. The molecule has 2 amide bonds. The summed E-state index contributed by atoms with van der Waals surface area (Å²) < 4.78 is 0. The van der Waals surface area contributed by atoms with Crippen LogP contribution in [0, 0.1) is 23.7 Å². The van der Waals surface area contributed by atoms with Crippen molar-refractivity contribution in [2.75, 3.05) is 13.1 Å². The number of fused-ring (bicyclic) bond motifs is 1. The Morgan fingerprint density at radius 3 is 1.32 bits per heavy atom. The molecule has 0 aliphatic carbocycles. The topological polar surface area (TPSA) is 40.6 Å². The Morgan fingerprint density at radius 1 is 0.600 bits per heavy atom. The van der Waals surface area contributed by atoms with Crippen LogP contribution in [0.1, 0.15) is 103 Å². The molecule has 0 fully saturated rings. The molecular formula is C34H48N2O2S2. The summed E-state index contributed by atoms with van der Waals surface area (Å²) >= 11 is 3.23. The molecule has 4 nitrogen and oxygen atoms in total. The molecule has 40 heavy (non-hydrogen) atoms. The Morgan fingerprint density at radius 2 is 1.00 bits per heavy atom. The molecule has 0 aromatic carbocycles. The van der Waals surface area contributed by atoms with Crippen molar-refractivity contribution in [3.05, 3.63) is 55.9 Å². The fraction of sp³-hybridized carbons (Fsp3) is 0.588. The molecule has 2 aliphatic heterocycles. The van der Waals surface area contributed by atoms with Crippen molar-refractivity contribution >= 4 is 45.9 Å². The van der Waals surface area contributed by atoms with Crippen LogP contribution in [-0.4, -0.2) is 34.7 Å². The number of carbonyl (C=O) groups excluding carboxylic acids is 2. The van der Waals surface area contributed by atoms with Crippen molar-refractivity contribution in [1.82, 2.24) is 9.80 Å². The number of nitrogens with zero attached hydrogens (tertiary/aromatic N) is 2. The lowest BCUT2D eigenvalue weighted by atomic mass is 9.97. The lowest BCUT2D eigenvalue weighted by Gasteiger charge is -2.26. The molecule has 2 atom stereocenters. The maximum Gasteiger partial charge on any atom is 0.261 e. The molecule has 0 spiro atoms. The van der Waals surface area contributed by atoms with Gasteiger partial charge in [-0.25, -0.2) is 0 Å². The molecule has 2 aromatic heterocycles. The van der Waals surface area contributed by atoms with E-state index < -0.39 is 0 Å². The van der Waals surface area contributed by atoms with Gasteiger partial charge in [-0.05, 0) is 59.4 Å². The van der Waals surface area contributed by atoms with E-state index in [9.17, 15) is 9.59 Å². The van der Waals surface area contributed by atoms with Gasteiger partial charge in [0.2, 0.25) is 0 Å². The number of hydrogen-bond acceptors (Lipinski definition) is 4. The van der Waals surface area contributed by atoms with E-state index in [4.69, 9.17) is 0 Å². The van der Waals surface area contributed by atoms with Crippen LogP contribution in [0.5, 0.6) is 0 Å². The van der Waals surface area contributed by atoms with Crippen LogP contribution in [-0.2, 0) is 9.59 Å². The molecule has 0 bridgehead atoms. The average Bonchev–Trinajstić information content (AvgIpc) is 3.69. The van der Waals surface area contributed by atoms with Crippen LogP contribution in [0.15, 0.2) is 46.2 Å². The van der Waals surface area contributed by atoms with E-state index >= 15 is 0 Å². The summed E-state index contributed by atoms with van der Waals surface area (Å²) in [5.74, 6) is 2.52. The maximum atomic E-state index is 14.2. The minimum Gasteiger partial charge on any atom is -0.306 e. The molecule has 4 rings (SSSR count). The van der Waals surface area contributed by atoms with E-state index in [1.54, 1.807) is 22.7 Å².